The van der Waals surface area contributed by atoms with Crippen molar-refractivity contribution in [3.05, 3.63) is 35.9 Å². The molecule has 1 amide bonds. The fourth-order valence-electron chi connectivity index (χ4n) is 2.83. The van der Waals surface area contributed by atoms with Crippen molar-refractivity contribution in [3.8, 4) is 0 Å². The third-order valence-electron chi connectivity index (χ3n) is 4.14. The molecule has 4 nitrogen and oxygen atoms in total. The average Bonchev–Trinajstić information content (AvgIpc) is 3.28. The zero-order valence-electron chi connectivity index (χ0n) is 13.1. The minimum atomic E-state index is -0.805. The van der Waals surface area contributed by atoms with Gasteiger partial charge in [-0.2, -0.15) is 0 Å². The molecule has 116 valence electrons. The van der Waals surface area contributed by atoms with Crippen LogP contribution in [0.4, 0.5) is 0 Å². The number of nitrogens with zero attached hydrogens (tertiary/aromatic N) is 1. The summed E-state index contributed by atoms with van der Waals surface area (Å²) in [7, 11) is 2.08. The van der Waals surface area contributed by atoms with Gasteiger partial charge in [-0.15, -0.1) is 0 Å². The van der Waals surface area contributed by atoms with Crippen LogP contribution in [0.3, 0.4) is 0 Å². The van der Waals surface area contributed by atoms with Gasteiger partial charge in [-0.25, -0.2) is 0 Å². The van der Waals surface area contributed by atoms with Crippen LogP contribution in [0.5, 0.6) is 0 Å². The second kappa shape index (κ2) is 7.05. The Bertz CT molecular complexity index is 458. The van der Waals surface area contributed by atoms with Gasteiger partial charge in [-0.05, 0) is 44.3 Å². The lowest BCUT2D eigenvalue weighted by Crippen LogP contribution is -2.58. The van der Waals surface area contributed by atoms with Gasteiger partial charge in [0.2, 0.25) is 5.91 Å². The first-order valence-corrected chi connectivity index (χ1v) is 7.87. The highest BCUT2D eigenvalue weighted by molar-refractivity contribution is 5.86. The minimum Gasteiger partial charge on any atom is -0.368 e. The third-order valence-corrected chi connectivity index (χ3v) is 4.14. The number of primary amides is 1. The Balaban J connectivity index is 2.23. The van der Waals surface area contributed by atoms with Crippen molar-refractivity contribution in [2.45, 2.75) is 31.7 Å². The quantitative estimate of drug-likeness (QED) is 0.727. The fourth-order valence-corrected chi connectivity index (χ4v) is 2.83. The molecule has 3 N–H and O–H groups in total. The second-order valence-electron chi connectivity index (χ2n) is 6.20. The number of amides is 1. The Morgan fingerprint density at radius 1 is 1.38 bits per heavy atom. The summed E-state index contributed by atoms with van der Waals surface area (Å²) < 4.78 is 0. The summed E-state index contributed by atoms with van der Waals surface area (Å²) in [6.45, 7) is 4.52. The monoisotopic (exact) mass is 289 g/mol. The highest BCUT2D eigenvalue weighted by Crippen LogP contribution is 2.30. The number of nitrogens with two attached hydrogens (primary N) is 1. The van der Waals surface area contributed by atoms with Crippen molar-refractivity contribution in [3.63, 3.8) is 0 Å². The number of hydrogen-bond donors (Lipinski definition) is 2. The lowest BCUT2D eigenvalue weighted by molar-refractivity contribution is -0.125. The smallest absolute Gasteiger partial charge is 0.243 e. The van der Waals surface area contributed by atoms with Crippen molar-refractivity contribution in [2.24, 2.45) is 11.7 Å². The third kappa shape index (κ3) is 4.05. The van der Waals surface area contributed by atoms with Gasteiger partial charge in [0, 0.05) is 13.1 Å². The second-order valence-corrected chi connectivity index (χ2v) is 6.20. The van der Waals surface area contributed by atoms with E-state index >= 15 is 0 Å². The molecule has 0 heterocycles. The molecule has 1 aromatic carbocycles. The van der Waals surface area contributed by atoms with Gasteiger partial charge in [-0.1, -0.05) is 37.3 Å². The van der Waals surface area contributed by atoms with Gasteiger partial charge in [0.25, 0.3) is 0 Å². The van der Waals surface area contributed by atoms with Crippen LogP contribution < -0.4 is 11.1 Å². The molecule has 1 atom stereocenters. The van der Waals surface area contributed by atoms with E-state index in [0.717, 1.165) is 31.0 Å². The average molecular weight is 289 g/mol. The van der Waals surface area contributed by atoms with E-state index in [4.69, 9.17) is 5.73 Å². The molecule has 4 heteroatoms. The van der Waals surface area contributed by atoms with Gasteiger partial charge in [0.05, 0.1) is 0 Å². The summed E-state index contributed by atoms with van der Waals surface area (Å²) in [5.41, 5.74) is 5.96. The predicted molar refractivity (Wildman–Crippen MR) is 85.8 cm³/mol. The number of likely N-dealkylation sites (N-methyl/N-ethyl adjacent to an activating group) is 1. The number of hydrogen-bond acceptors (Lipinski definition) is 3. The van der Waals surface area contributed by atoms with E-state index in [1.54, 1.807) is 0 Å². The van der Waals surface area contributed by atoms with Crippen LogP contribution in [0.15, 0.2) is 30.3 Å². The topological polar surface area (TPSA) is 58.4 Å². The number of benzene rings is 1. The molecule has 2 rings (SSSR count). The molecule has 1 unspecified atom stereocenters. The molecule has 0 saturated heterocycles. The van der Waals surface area contributed by atoms with Gasteiger partial charge in [0.15, 0.2) is 0 Å². The first-order valence-electron chi connectivity index (χ1n) is 7.87. The molecule has 1 aromatic rings. The maximum absolute atomic E-state index is 12.3. The van der Waals surface area contributed by atoms with Crippen LogP contribution >= 0.6 is 0 Å². The van der Waals surface area contributed by atoms with Gasteiger partial charge >= 0.3 is 0 Å². The van der Waals surface area contributed by atoms with Gasteiger partial charge in [0.1, 0.15) is 5.54 Å². The van der Waals surface area contributed by atoms with E-state index in [1.807, 2.05) is 30.3 Å². The first kappa shape index (κ1) is 16.0. The lowest BCUT2D eigenvalue weighted by Gasteiger charge is -2.36. The molecule has 1 aliphatic carbocycles. The van der Waals surface area contributed by atoms with Crippen molar-refractivity contribution in [2.75, 3.05) is 26.7 Å². The largest absolute Gasteiger partial charge is 0.368 e. The number of carbonyl (C=O) groups is 1. The summed E-state index contributed by atoms with van der Waals surface area (Å²) in [5, 5.41) is 3.41. The molecular formula is C17H27N3O. The maximum atomic E-state index is 12.3. The summed E-state index contributed by atoms with van der Waals surface area (Å²) in [4.78, 5) is 14.5. The Morgan fingerprint density at radius 3 is 2.57 bits per heavy atom. The van der Waals surface area contributed by atoms with Crippen LogP contribution in [0, 0.1) is 5.92 Å². The summed E-state index contributed by atoms with van der Waals surface area (Å²) >= 11 is 0. The molecule has 0 spiro atoms. The Morgan fingerprint density at radius 2 is 2.05 bits per heavy atom. The van der Waals surface area contributed by atoms with Crippen LogP contribution in [0.2, 0.25) is 0 Å². The normalized spacial score (nSPS) is 17.7. The Kier molecular flexibility index (Phi) is 5.37. The Hall–Kier alpha value is -1.39. The van der Waals surface area contributed by atoms with Gasteiger partial charge in [-0.3, -0.25) is 10.1 Å². The molecule has 21 heavy (non-hydrogen) atoms. The van der Waals surface area contributed by atoms with Crippen LogP contribution in [-0.4, -0.2) is 37.5 Å². The van der Waals surface area contributed by atoms with E-state index in [2.05, 4.69) is 24.2 Å². The van der Waals surface area contributed by atoms with E-state index in [-0.39, 0.29) is 5.91 Å². The zero-order chi connectivity index (χ0) is 15.3. The molecule has 0 bridgehead atoms. The molecule has 0 aromatic heterocycles. The van der Waals surface area contributed by atoms with E-state index in [0.29, 0.717) is 6.54 Å². The van der Waals surface area contributed by atoms with E-state index in [1.165, 1.54) is 12.8 Å². The van der Waals surface area contributed by atoms with E-state index in [9.17, 15) is 4.79 Å². The molecule has 0 radical (unpaired) electrons. The van der Waals surface area contributed by atoms with Crippen LogP contribution in [0.25, 0.3) is 0 Å². The SMILES string of the molecule is CCCNC(CN(C)CC1CC1)(C(N)=O)c1ccccc1. The molecule has 1 aliphatic rings. The highest BCUT2D eigenvalue weighted by atomic mass is 16.1. The standard InChI is InChI=1S/C17H27N3O/c1-3-11-19-17(16(18)21,15-7-5-4-6-8-15)13-20(2)12-14-9-10-14/h4-8,14,19H,3,9-13H2,1-2H3,(H2,18,21). The van der Waals surface area contributed by atoms with Gasteiger partial charge < -0.3 is 10.6 Å². The molecule has 1 fully saturated rings. The minimum absolute atomic E-state index is 0.301. The number of carbonyl (C=O) groups excluding carboxylic acids is 1. The number of rotatable bonds is 9. The van der Waals surface area contributed by atoms with Crippen molar-refractivity contribution in [1.82, 2.24) is 10.2 Å². The van der Waals surface area contributed by atoms with Crippen LogP contribution in [0.1, 0.15) is 31.7 Å². The molecule has 1 saturated carbocycles. The molecule has 0 aliphatic heterocycles. The van der Waals surface area contributed by atoms with Crippen LogP contribution in [-0.2, 0) is 10.3 Å². The summed E-state index contributed by atoms with van der Waals surface area (Å²) in [5.74, 6) is 0.493. The predicted octanol–water partition coefficient (Wildman–Crippen LogP) is 1.71. The summed E-state index contributed by atoms with van der Waals surface area (Å²) in [6, 6.07) is 9.85. The van der Waals surface area contributed by atoms with E-state index < -0.39 is 5.54 Å². The first-order chi connectivity index (χ1) is 10.1. The fraction of sp³-hybridized carbons (Fsp3) is 0.588. The van der Waals surface area contributed by atoms with Crippen molar-refractivity contribution < 1.29 is 4.79 Å². The Labute approximate surface area is 127 Å². The lowest BCUT2D eigenvalue weighted by atomic mass is 9.88. The molecular weight excluding hydrogens is 262 g/mol. The highest BCUT2D eigenvalue weighted by Gasteiger charge is 2.39. The summed E-state index contributed by atoms with van der Waals surface area (Å²) in [6.07, 6.45) is 3.58. The van der Waals surface area contributed by atoms with Crippen molar-refractivity contribution in [1.29, 1.82) is 0 Å². The zero-order valence-corrected chi connectivity index (χ0v) is 13.1. The van der Waals surface area contributed by atoms with Crippen molar-refractivity contribution >= 4 is 5.91 Å². The maximum Gasteiger partial charge on any atom is 0.243 e. The number of nitrogens with one attached hydrogen (secondary N) is 1.